The standard InChI is InChI=1S/C23H20Cl2N4OS2/c1-12-26-20(21(32-12)13-6-3-7-14(24)18(13)25)23(30)29-11-5-9-16(29)22-27-15-8-4-10-17(31-2)19(15)28-22/h3-4,6-8,10,16H,5,9,11H2,1-2H3,(H,27,28)/t16-/m0/s1. The van der Waals surface area contributed by atoms with Crippen molar-refractivity contribution in [1.29, 1.82) is 0 Å². The van der Waals surface area contributed by atoms with Crippen molar-refractivity contribution in [3.05, 3.63) is 63.0 Å². The van der Waals surface area contributed by atoms with E-state index in [1.807, 2.05) is 42.3 Å². The molecule has 0 saturated carbocycles. The number of halogens is 2. The minimum atomic E-state index is -0.116. The molecule has 0 bridgehead atoms. The minimum Gasteiger partial charge on any atom is -0.340 e. The second kappa shape index (κ2) is 8.71. The highest BCUT2D eigenvalue weighted by Crippen LogP contribution is 2.41. The Labute approximate surface area is 204 Å². The van der Waals surface area contributed by atoms with E-state index in [1.165, 1.54) is 11.3 Å². The second-order valence-corrected chi connectivity index (χ2v) is 10.5. The number of nitrogens with zero attached hydrogens (tertiary/aromatic N) is 3. The van der Waals surface area contributed by atoms with Gasteiger partial charge in [-0.05, 0) is 44.2 Å². The van der Waals surface area contributed by atoms with Crippen LogP contribution >= 0.6 is 46.3 Å². The summed E-state index contributed by atoms with van der Waals surface area (Å²) in [5.41, 5.74) is 3.09. The first kappa shape index (κ1) is 21.8. The van der Waals surface area contributed by atoms with Crippen molar-refractivity contribution in [1.82, 2.24) is 19.9 Å². The average molecular weight is 503 g/mol. The topological polar surface area (TPSA) is 61.9 Å². The maximum Gasteiger partial charge on any atom is 0.274 e. The molecule has 0 unspecified atom stereocenters. The van der Waals surface area contributed by atoms with Crippen molar-refractivity contribution in [2.75, 3.05) is 12.8 Å². The Kier molecular flexibility index (Phi) is 5.92. The number of carbonyl (C=O) groups excluding carboxylic acids is 1. The van der Waals surface area contributed by atoms with Crippen molar-refractivity contribution in [2.45, 2.75) is 30.7 Å². The third kappa shape index (κ3) is 3.71. The molecule has 4 aromatic rings. The van der Waals surface area contributed by atoms with Crippen molar-refractivity contribution >= 4 is 63.2 Å². The van der Waals surface area contributed by atoms with Crippen molar-refractivity contribution < 1.29 is 4.79 Å². The molecule has 0 radical (unpaired) electrons. The van der Waals surface area contributed by atoms with Gasteiger partial charge in [0.1, 0.15) is 17.0 Å². The number of aromatic amines is 1. The normalized spacial score (nSPS) is 16.2. The highest BCUT2D eigenvalue weighted by Gasteiger charge is 2.35. The number of benzene rings is 2. The molecule has 2 aromatic heterocycles. The minimum absolute atomic E-state index is 0.103. The number of imidazole rings is 1. The smallest absolute Gasteiger partial charge is 0.274 e. The number of carbonyl (C=O) groups is 1. The highest BCUT2D eigenvalue weighted by molar-refractivity contribution is 7.98. The van der Waals surface area contributed by atoms with Crippen LogP contribution in [-0.2, 0) is 0 Å². The number of amides is 1. The van der Waals surface area contributed by atoms with Crippen LogP contribution in [0.2, 0.25) is 10.0 Å². The van der Waals surface area contributed by atoms with E-state index < -0.39 is 0 Å². The zero-order valence-corrected chi connectivity index (χ0v) is 20.6. The lowest BCUT2D eigenvalue weighted by atomic mass is 10.1. The fraction of sp³-hybridized carbons (Fsp3) is 0.261. The number of nitrogens with one attached hydrogen (secondary N) is 1. The number of H-pyrrole nitrogens is 1. The maximum absolute atomic E-state index is 13.7. The highest BCUT2D eigenvalue weighted by atomic mass is 35.5. The fourth-order valence-electron chi connectivity index (χ4n) is 4.21. The van der Waals surface area contributed by atoms with Crippen LogP contribution in [0.4, 0.5) is 0 Å². The molecular formula is C23H20Cl2N4OS2. The van der Waals surface area contributed by atoms with Crippen LogP contribution in [0.15, 0.2) is 41.3 Å². The lowest BCUT2D eigenvalue weighted by Gasteiger charge is -2.23. The van der Waals surface area contributed by atoms with Crippen LogP contribution < -0.4 is 0 Å². The van der Waals surface area contributed by atoms with Gasteiger partial charge in [-0.2, -0.15) is 0 Å². The summed E-state index contributed by atoms with van der Waals surface area (Å²) in [4.78, 5) is 30.4. The monoisotopic (exact) mass is 502 g/mol. The first-order chi connectivity index (χ1) is 15.5. The number of likely N-dealkylation sites (tertiary alicyclic amines) is 1. The zero-order chi connectivity index (χ0) is 22.4. The Balaban J connectivity index is 1.53. The van der Waals surface area contributed by atoms with E-state index in [1.54, 1.807) is 17.8 Å². The lowest BCUT2D eigenvalue weighted by molar-refractivity contribution is 0.0726. The van der Waals surface area contributed by atoms with Gasteiger partial charge in [-0.3, -0.25) is 4.79 Å². The first-order valence-corrected chi connectivity index (χ1v) is 13.0. The second-order valence-electron chi connectivity index (χ2n) is 7.65. The van der Waals surface area contributed by atoms with Crippen LogP contribution in [-0.4, -0.2) is 38.6 Å². The summed E-state index contributed by atoms with van der Waals surface area (Å²) in [6, 6.07) is 11.4. The third-order valence-corrected chi connectivity index (χ3v) is 8.27. The van der Waals surface area contributed by atoms with E-state index in [0.29, 0.717) is 22.3 Å². The van der Waals surface area contributed by atoms with E-state index in [2.05, 4.69) is 16.0 Å². The van der Waals surface area contributed by atoms with Gasteiger partial charge in [-0.1, -0.05) is 41.4 Å². The number of aromatic nitrogens is 3. The molecule has 32 heavy (non-hydrogen) atoms. The van der Waals surface area contributed by atoms with Crippen LogP contribution in [0.5, 0.6) is 0 Å². The Hall–Kier alpha value is -2.06. The van der Waals surface area contributed by atoms with Crippen LogP contribution in [0.1, 0.15) is 40.2 Å². The van der Waals surface area contributed by atoms with Crippen molar-refractivity contribution in [3.63, 3.8) is 0 Å². The van der Waals surface area contributed by atoms with Gasteiger partial charge in [-0.25, -0.2) is 9.97 Å². The molecule has 1 N–H and O–H groups in total. The number of thioether (sulfide) groups is 1. The van der Waals surface area contributed by atoms with Gasteiger partial charge < -0.3 is 9.88 Å². The third-order valence-electron chi connectivity index (χ3n) is 5.68. The molecule has 2 aromatic carbocycles. The Morgan fingerprint density at radius 2 is 2.03 bits per heavy atom. The molecule has 0 aliphatic carbocycles. The number of aryl methyl sites for hydroxylation is 1. The predicted octanol–water partition coefficient (Wildman–Crippen LogP) is 7.00. The molecule has 3 heterocycles. The summed E-state index contributed by atoms with van der Waals surface area (Å²) >= 11 is 15.8. The Morgan fingerprint density at radius 3 is 2.84 bits per heavy atom. The molecule has 1 atom stereocenters. The van der Waals surface area contributed by atoms with E-state index in [-0.39, 0.29) is 11.9 Å². The molecule has 1 fully saturated rings. The van der Waals surface area contributed by atoms with E-state index in [9.17, 15) is 4.79 Å². The number of fused-ring (bicyclic) bond motifs is 1. The Bertz CT molecular complexity index is 1330. The van der Waals surface area contributed by atoms with Gasteiger partial charge in [-0.15, -0.1) is 23.1 Å². The largest absolute Gasteiger partial charge is 0.340 e. The molecule has 5 rings (SSSR count). The van der Waals surface area contributed by atoms with Gasteiger partial charge in [0, 0.05) is 17.0 Å². The molecule has 1 amide bonds. The van der Waals surface area contributed by atoms with E-state index in [4.69, 9.17) is 28.2 Å². The summed E-state index contributed by atoms with van der Waals surface area (Å²) < 4.78 is 0. The van der Waals surface area contributed by atoms with Gasteiger partial charge in [0.25, 0.3) is 5.91 Å². The molecule has 1 aliphatic heterocycles. The zero-order valence-electron chi connectivity index (χ0n) is 17.5. The molecule has 5 nitrogen and oxygen atoms in total. The molecule has 0 spiro atoms. The number of para-hydroxylation sites is 1. The summed E-state index contributed by atoms with van der Waals surface area (Å²) in [5, 5.41) is 1.70. The van der Waals surface area contributed by atoms with Gasteiger partial charge in [0.2, 0.25) is 0 Å². The van der Waals surface area contributed by atoms with Gasteiger partial charge in [0.05, 0.1) is 31.5 Å². The van der Waals surface area contributed by atoms with Crippen LogP contribution in [0, 0.1) is 6.92 Å². The van der Waals surface area contributed by atoms with Crippen molar-refractivity contribution in [3.8, 4) is 10.4 Å². The lowest BCUT2D eigenvalue weighted by Crippen LogP contribution is -2.31. The van der Waals surface area contributed by atoms with E-state index in [0.717, 1.165) is 50.0 Å². The Morgan fingerprint density at radius 1 is 1.22 bits per heavy atom. The molecular weight excluding hydrogens is 483 g/mol. The summed E-state index contributed by atoms with van der Waals surface area (Å²) in [6.07, 6.45) is 3.82. The maximum atomic E-state index is 13.7. The summed E-state index contributed by atoms with van der Waals surface area (Å²) in [5.74, 6) is 0.718. The molecule has 1 aliphatic rings. The number of thiazole rings is 1. The van der Waals surface area contributed by atoms with E-state index >= 15 is 0 Å². The molecule has 164 valence electrons. The SMILES string of the molecule is CSc1cccc2[nH]c([C@@H]3CCCN3C(=O)c3nc(C)sc3-c3cccc(Cl)c3Cl)nc12. The first-order valence-electron chi connectivity index (χ1n) is 10.2. The van der Waals surface area contributed by atoms with Gasteiger partial charge in [0.15, 0.2) is 0 Å². The number of rotatable bonds is 4. The number of hydrogen-bond donors (Lipinski definition) is 1. The summed E-state index contributed by atoms with van der Waals surface area (Å²) in [6.45, 7) is 2.56. The molecule has 9 heteroatoms. The van der Waals surface area contributed by atoms with Crippen molar-refractivity contribution in [2.24, 2.45) is 0 Å². The summed E-state index contributed by atoms with van der Waals surface area (Å²) in [7, 11) is 0. The van der Waals surface area contributed by atoms with Crippen LogP contribution in [0.25, 0.3) is 21.5 Å². The molecule has 1 saturated heterocycles. The predicted molar refractivity (Wildman–Crippen MR) is 133 cm³/mol. The van der Waals surface area contributed by atoms with Gasteiger partial charge >= 0.3 is 0 Å². The number of hydrogen-bond acceptors (Lipinski definition) is 5. The fourth-order valence-corrected chi connectivity index (χ4v) is 6.17. The van der Waals surface area contributed by atoms with Crippen LogP contribution in [0.3, 0.4) is 0 Å². The quantitative estimate of drug-likeness (QED) is 0.305. The average Bonchev–Trinajstić information content (AvgIpc) is 3.52.